The fourth-order valence-corrected chi connectivity index (χ4v) is 3.90. The number of para-hydroxylation sites is 1. The molecule has 6 nitrogen and oxygen atoms in total. The van der Waals surface area contributed by atoms with Crippen LogP contribution in [0.4, 0.5) is 10.5 Å². The summed E-state index contributed by atoms with van der Waals surface area (Å²) in [4.78, 5) is 41.0. The molecule has 3 amide bonds. The number of thioether (sulfide) groups is 1. The van der Waals surface area contributed by atoms with E-state index in [1.165, 1.54) is 10.5 Å². The Balaban J connectivity index is 1.59. The molecule has 1 heterocycles. The fraction of sp³-hybridized carbons (Fsp3) is 0.318. The van der Waals surface area contributed by atoms with Gasteiger partial charge in [0.05, 0.1) is 11.6 Å². The zero-order valence-corrected chi connectivity index (χ0v) is 17.4. The van der Waals surface area contributed by atoms with E-state index in [1.807, 2.05) is 42.5 Å². The Morgan fingerprint density at radius 1 is 1.10 bits per heavy atom. The van der Waals surface area contributed by atoms with E-state index in [2.05, 4.69) is 5.32 Å². The molecule has 1 aliphatic rings. The second-order valence-corrected chi connectivity index (χ2v) is 8.22. The van der Waals surface area contributed by atoms with E-state index < -0.39 is 0 Å². The molecule has 0 aliphatic carbocycles. The molecule has 1 N–H and O–H groups in total. The topological polar surface area (TPSA) is 69.7 Å². The highest BCUT2D eigenvalue weighted by Crippen LogP contribution is 2.29. The molecule has 1 unspecified atom stereocenters. The summed E-state index contributed by atoms with van der Waals surface area (Å²) >= 11 is 1.06. The van der Waals surface area contributed by atoms with E-state index in [9.17, 15) is 14.4 Å². The summed E-state index contributed by atoms with van der Waals surface area (Å²) < 4.78 is 0. The van der Waals surface area contributed by atoms with Crippen LogP contribution >= 0.6 is 11.8 Å². The van der Waals surface area contributed by atoms with Crippen LogP contribution in [-0.2, 0) is 16.0 Å². The van der Waals surface area contributed by atoms with Crippen LogP contribution < -0.4 is 5.32 Å². The Hall–Kier alpha value is -2.80. The lowest BCUT2D eigenvalue weighted by Gasteiger charge is -2.17. The predicted molar refractivity (Wildman–Crippen MR) is 115 cm³/mol. The Bertz CT molecular complexity index is 886. The summed E-state index contributed by atoms with van der Waals surface area (Å²) in [5, 5.41) is 2.79. The molecule has 0 bridgehead atoms. The number of carbonyl (C=O) groups excluding carboxylic acids is 3. The first-order valence-electron chi connectivity index (χ1n) is 9.55. The van der Waals surface area contributed by atoms with Crippen LogP contribution in [-0.4, -0.2) is 54.0 Å². The van der Waals surface area contributed by atoms with Crippen LogP contribution in [0.25, 0.3) is 0 Å². The molecule has 0 aromatic heterocycles. The third-order valence-corrected chi connectivity index (χ3v) is 5.92. The van der Waals surface area contributed by atoms with Gasteiger partial charge < -0.3 is 15.1 Å². The van der Waals surface area contributed by atoms with Crippen molar-refractivity contribution in [3.63, 3.8) is 0 Å². The number of benzene rings is 2. The molecule has 2 aromatic carbocycles. The maximum absolute atomic E-state index is 12.8. The molecule has 152 valence electrons. The second-order valence-electron chi connectivity index (χ2n) is 7.22. The van der Waals surface area contributed by atoms with Gasteiger partial charge in [-0.15, -0.1) is 0 Å². The normalized spacial score (nSPS) is 16.0. The summed E-state index contributed by atoms with van der Waals surface area (Å²) in [5.74, 6) is -0.571. The first kappa shape index (κ1) is 20.9. The highest BCUT2D eigenvalue weighted by Gasteiger charge is 2.34. The summed E-state index contributed by atoms with van der Waals surface area (Å²) in [7, 11) is 3.37. The van der Waals surface area contributed by atoms with E-state index in [-0.39, 0.29) is 29.4 Å². The van der Waals surface area contributed by atoms with Gasteiger partial charge in [0.2, 0.25) is 11.8 Å². The zero-order chi connectivity index (χ0) is 20.8. The van der Waals surface area contributed by atoms with E-state index in [1.54, 1.807) is 31.1 Å². The highest BCUT2D eigenvalue weighted by molar-refractivity contribution is 8.13. The number of carbonyl (C=O) groups is 3. The van der Waals surface area contributed by atoms with Gasteiger partial charge in [-0.25, -0.2) is 0 Å². The number of hydrogen-bond donors (Lipinski definition) is 1. The Labute approximate surface area is 175 Å². The minimum Gasteiger partial charge on any atom is -0.342 e. The van der Waals surface area contributed by atoms with E-state index in [0.717, 1.165) is 18.2 Å². The first-order chi connectivity index (χ1) is 13.9. The second kappa shape index (κ2) is 9.60. The molecule has 1 atom stereocenters. The quantitative estimate of drug-likeness (QED) is 0.739. The smallest absolute Gasteiger partial charge is 0.286 e. The number of nitrogens with zero attached hydrogens (tertiary/aromatic N) is 2. The van der Waals surface area contributed by atoms with Gasteiger partial charge >= 0.3 is 0 Å². The lowest BCUT2D eigenvalue weighted by molar-refractivity contribution is -0.128. The van der Waals surface area contributed by atoms with Crippen LogP contribution in [0.5, 0.6) is 0 Å². The van der Waals surface area contributed by atoms with Gasteiger partial charge in [-0.1, -0.05) is 42.5 Å². The molecule has 1 fully saturated rings. The number of rotatable bonds is 6. The standard InChI is InChI=1S/C22H25N3O3S/c1-24(2)22(28)29-19-11-7-6-10-18(19)23-21(27)17-14-20(26)25(15-17)13-12-16-8-4-3-5-9-16/h3-11,17H,12-15H2,1-2H3,(H,23,27). The third kappa shape index (κ3) is 5.60. The van der Waals surface area contributed by atoms with Gasteiger partial charge in [-0.05, 0) is 35.9 Å². The third-order valence-electron chi connectivity index (χ3n) is 4.81. The van der Waals surface area contributed by atoms with E-state index >= 15 is 0 Å². The summed E-state index contributed by atoms with van der Waals surface area (Å²) in [6.45, 7) is 1.03. The molecule has 29 heavy (non-hydrogen) atoms. The van der Waals surface area contributed by atoms with Crippen molar-refractivity contribution in [3.8, 4) is 0 Å². The van der Waals surface area contributed by atoms with Crippen LogP contribution in [0, 0.1) is 5.92 Å². The fourth-order valence-electron chi connectivity index (χ4n) is 3.15. The molecular weight excluding hydrogens is 386 g/mol. The van der Waals surface area contributed by atoms with Gasteiger partial charge in [0.15, 0.2) is 0 Å². The maximum Gasteiger partial charge on any atom is 0.286 e. The average Bonchev–Trinajstić information content (AvgIpc) is 3.09. The van der Waals surface area contributed by atoms with Crippen LogP contribution in [0.15, 0.2) is 59.5 Å². The van der Waals surface area contributed by atoms with Crippen LogP contribution in [0.1, 0.15) is 12.0 Å². The molecule has 0 saturated carbocycles. The predicted octanol–water partition coefficient (Wildman–Crippen LogP) is 3.49. The number of likely N-dealkylation sites (tertiary alicyclic amines) is 1. The van der Waals surface area contributed by atoms with Crippen LogP contribution in [0.3, 0.4) is 0 Å². The van der Waals surface area contributed by atoms with Crippen LogP contribution in [0.2, 0.25) is 0 Å². The summed E-state index contributed by atoms with van der Waals surface area (Å²) in [5.41, 5.74) is 1.76. The van der Waals surface area contributed by atoms with E-state index in [0.29, 0.717) is 23.7 Å². The number of hydrogen-bond acceptors (Lipinski definition) is 4. The number of amides is 3. The maximum atomic E-state index is 12.8. The summed E-state index contributed by atoms with van der Waals surface area (Å²) in [6, 6.07) is 17.2. The Morgan fingerprint density at radius 3 is 2.52 bits per heavy atom. The first-order valence-corrected chi connectivity index (χ1v) is 10.4. The van der Waals surface area contributed by atoms with Crippen molar-refractivity contribution >= 4 is 34.5 Å². The van der Waals surface area contributed by atoms with Crippen molar-refractivity contribution in [1.29, 1.82) is 0 Å². The molecule has 2 aromatic rings. The molecule has 3 rings (SSSR count). The van der Waals surface area contributed by atoms with Gasteiger partial charge in [0.1, 0.15) is 0 Å². The van der Waals surface area contributed by atoms with Gasteiger partial charge in [-0.3, -0.25) is 14.4 Å². The lowest BCUT2D eigenvalue weighted by atomic mass is 10.1. The molecule has 0 spiro atoms. The van der Waals surface area contributed by atoms with Crippen molar-refractivity contribution in [3.05, 3.63) is 60.2 Å². The van der Waals surface area contributed by atoms with E-state index in [4.69, 9.17) is 0 Å². The number of nitrogens with one attached hydrogen (secondary N) is 1. The SMILES string of the molecule is CN(C)C(=O)Sc1ccccc1NC(=O)C1CC(=O)N(CCc2ccccc2)C1. The monoisotopic (exact) mass is 411 g/mol. The molecule has 1 aliphatic heterocycles. The minimum atomic E-state index is -0.388. The van der Waals surface area contributed by atoms with Gasteiger partial charge in [0, 0.05) is 38.5 Å². The van der Waals surface area contributed by atoms with Gasteiger partial charge in [-0.2, -0.15) is 0 Å². The van der Waals surface area contributed by atoms with Gasteiger partial charge in [0.25, 0.3) is 5.24 Å². The summed E-state index contributed by atoms with van der Waals surface area (Å²) in [6.07, 6.45) is 0.986. The number of anilines is 1. The molecule has 0 radical (unpaired) electrons. The largest absolute Gasteiger partial charge is 0.342 e. The lowest BCUT2D eigenvalue weighted by Crippen LogP contribution is -2.30. The Kier molecular flexibility index (Phi) is 6.93. The van der Waals surface area contributed by atoms with Crippen molar-refractivity contribution in [2.75, 3.05) is 32.5 Å². The molecular formula is C22H25N3O3S. The van der Waals surface area contributed by atoms with Crippen molar-refractivity contribution in [2.45, 2.75) is 17.7 Å². The average molecular weight is 412 g/mol. The van der Waals surface area contributed by atoms with Crippen molar-refractivity contribution in [2.24, 2.45) is 5.92 Å². The van der Waals surface area contributed by atoms with Crippen molar-refractivity contribution < 1.29 is 14.4 Å². The molecule has 7 heteroatoms. The Morgan fingerprint density at radius 2 is 1.79 bits per heavy atom. The zero-order valence-electron chi connectivity index (χ0n) is 16.6. The molecule has 1 saturated heterocycles. The highest BCUT2D eigenvalue weighted by atomic mass is 32.2. The van der Waals surface area contributed by atoms with Crippen molar-refractivity contribution in [1.82, 2.24) is 9.80 Å². The minimum absolute atomic E-state index is 0.00604.